The third kappa shape index (κ3) is 4.63. The molecular formula is C12H14FNO3. The lowest BCUT2D eigenvalue weighted by Gasteiger charge is -2.14. The normalized spacial score (nSPS) is 11.8. The summed E-state index contributed by atoms with van der Waals surface area (Å²) in [7, 11) is 0. The van der Waals surface area contributed by atoms with Crippen LogP contribution >= 0.6 is 0 Å². The molecule has 17 heavy (non-hydrogen) atoms. The molecule has 0 spiro atoms. The van der Waals surface area contributed by atoms with Gasteiger partial charge in [0.2, 0.25) is 0 Å². The third-order valence-electron chi connectivity index (χ3n) is 2.26. The topological polar surface area (TPSA) is 66.4 Å². The van der Waals surface area contributed by atoms with E-state index in [1.165, 1.54) is 0 Å². The van der Waals surface area contributed by atoms with E-state index in [0.29, 0.717) is 5.56 Å². The molecule has 92 valence electrons. The van der Waals surface area contributed by atoms with Gasteiger partial charge in [-0.1, -0.05) is 18.2 Å². The summed E-state index contributed by atoms with van der Waals surface area (Å²) in [5, 5.41) is 10.9. The van der Waals surface area contributed by atoms with Gasteiger partial charge in [0, 0.05) is 12.0 Å². The summed E-state index contributed by atoms with van der Waals surface area (Å²) in [6.45, 7) is -0.772. The molecule has 0 aliphatic heterocycles. The van der Waals surface area contributed by atoms with E-state index < -0.39 is 24.6 Å². The lowest BCUT2D eigenvalue weighted by atomic mass is 10.1. The molecule has 0 fully saturated rings. The first-order valence-corrected chi connectivity index (χ1v) is 5.27. The number of carboxylic acids is 1. The maximum Gasteiger partial charge on any atom is 0.303 e. The summed E-state index contributed by atoms with van der Waals surface area (Å²) >= 11 is 0. The van der Waals surface area contributed by atoms with Gasteiger partial charge in [-0.05, 0) is 18.6 Å². The van der Waals surface area contributed by atoms with Crippen LogP contribution in [0, 0.1) is 0 Å². The first-order valence-electron chi connectivity index (χ1n) is 5.27. The smallest absolute Gasteiger partial charge is 0.303 e. The van der Waals surface area contributed by atoms with Crippen LogP contribution in [0.25, 0.3) is 0 Å². The number of nitrogens with one attached hydrogen (secondary N) is 1. The number of hydrogen-bond acceptors (Lipinski definition) is 2. The highest BCUT2D eigenvalue weighted by atomic mass is 19.1. The Balaban J connectivity index is 2.51. The number of hydrogen-bond donors (Lipinski definition) is 2. The highest BCUT2D eigenvalue weighted by molar-refractivity contribution is 5.94. The Labute approximate surface area is 98.5 Å². The van der Waals surface area contributed by atoms with Crippen LogP contribution < -0.4 is 5.32 Å². The van der Waals surface area contributed by atoms with Crippen molar-refractivity contribution in [3.63, 3.8) is 0 Å². The maximum absolute atomic E-state index is 12.6. The van der Waals surface area contributed by atoms with E-state index in [2.05, 4.69) is 5.32 Å². The van der Waals surface area contributed by atoms with Gasteiger partial charge in [-0.25, -0.2) is 4.39 Å². The number of amides is 1. The zero-order valence-corrected chi connectivity index (χ0v) is 9.23. The number of alkyl halides is 1. The van der Waals surface area contributed by atoms with Gasteiger partial charge in [0.15, 0.2) is 0 Å². The lowest BCUT2D eigenvalue weighted by molar-refractivity contribution is -0.137. The largest absolute Gasteiger partial charge is 0.481 e. The molecule has 1 aromatic rings. The van der Waals surface area contributed by atoms with Crippen LogP contribution in [0.15, 0.2) is 30.3 Å². The van der Waals surface area contributed by atoms with Crippen molar-refractivity contribution < 1.29 is 19.1 Å². The van der Waals surface area contributed by atoms with Crippen LogP contribution in [0.3, 0.4) is 0 Å². The van der Waals surface area contributed by atoms with E-state index in [1.807, 2.05) is 0 Å². The molecule has 2 N–H and O–H groups in total. The Morgan fingerprint density at radius 1 is 1.29 bits per heavy atom. The fourth-order valence-electron chi connectivity index (χ4n) is 1.34. The second-order valence-electron chi connectivity index (χ2n) is 3.62. The van der Waals surface area contributed by atoms with Crippen LogP contribution in [0.4, 0.5) is 4.39 Å². The second-order valence-corrected chi connectivity index (χ2v) is 3.62. The summed E-state index contributed by atoms with van der Waals surface area (Å²) in [6.07, 6.45) is -0.0753. The molecule has 0 saturated carbocycles. The lowest BCUT2D eigenvalue weighted by Crippen LogP contribution is -2.36. The van der Waals surface area contributed by atoms with Crippen LogP contribution in [0.1, 0.15) is 23.2 Å². The number of halogens is 1. The van der Waals surface area contributed by atoms with Crippen molar-refractivity contribution in [2.75, 3.05) is 6.67 Å². The standard InChI is InChI=1S/C12H14FNO3/c13-8-10(6-7-11(15)16)14-12(17)9-4-2-1-3-5-9/h1-5,10H,6-8H2,(H,14,17)(H,15,16). The van der Waals surface area contributed by atoms with Gasteiger partial charge >= 0.3 is 5.97 Å². The van der Waals surface area contributed by atoms with Crippen LogP contribution in [-0.2, 0) is 4.79 Å². The fraction of sp³-hybridized carbons (Fsp3) is 0.333. The number of carbonyl (C=O) groups is 2. The highest BCUT2D eigenvalue weighted by Crippen LogP contribution is 2.03. The number of carboxylic acid groups (broad SMARTS) is 1. The van der Waals surface area contributed by atoms with Gasteiger partial charge in [0.05, 0.1) is 6.04 Å². The average Bonchev–Trinajstić information content (AvgIpc) is 2.35. The minimum atomic E-state index is -1.00. The Kier molecular flexibility index (Phi) is 5.13. The fourth-order valence-corrected chi connectivity index (χ4v) is 1.34. The van der Waals surface area contributed by atoms with Gasteiger partial charge in [0.1, 0.15) is 6.67 Å². The monoisotopic (exact) mass is 239 g/mol. The van der Waals surface area contributed by atoms with E-state index in [4.69, 9.17) is 5.11 Å². The molecule has 1 atom stereocenters. The molecule has 5 heteroatoms. The van der Waals surface area contributed by atoms with Crippen molar-refractivity contribution in [2.45, 2.75) is 18.9 Å². The molecule has 1 rings (SSSR count). The molecule has 0 aliphatic carbocycles. The summed E-state index contributed by atoms with van der Waals surface area (Å²) < 4.78 is 12.6. The van der Waals surface area contributed by atoms with E-state index in [-0.39, 0.29) is 12.8 Å². The van der Waals surface area contributed by atoms with E-state index in [0.717, 1.165) is 0 Å². The minimum absolute atomic E-state index is 0.0877. The SMILES string of the molecule is O=C(O)CCC(CF)NC(=O)c1ccccc1. The molecular weight excluding hydrogens is 225 g/mol. The average molecular weight is 239 g/mol. The summed E-state index contributed by atoms with van der Waals surface area (Å²) in [6, 6.07) is 7.66. The summed E-state index contributed by atoms with van der Waals surface area (Å²) in [5.41, 5.74) is 0.432. The van der Waals surface area contributed by atoms with Gasteiger partial charge in [-0.15, -0.1) is 0 Å². The van der Waals surface area contributed by atoms with Gasteiger partial charge in [-0.3, -0.25) is 9.59 Å². The van der Waals surface area contributed by atoms with Crippen molar-refractivity contribution in [3.05, 3.63) is 35.9 Å². The maximum atomic E-state index is 12.6. The Morgan fingerprint density at radius 3 is 2.47 bits per heavy atom. The van der Waals surface area contributed by atoms with Crippen molar-refractivity contribution in [1.82, 2.24) is 5.32 Å². The van der Waals surface area contributed by atoms with Gasteiger partial charge in [-0.2, -0.15) is 0 Å². The van der Waals surface area contributed by atoms with Crippen molar-refractivity contribution >= 4 is 11.9 Å². The highest BCUT2D eigenvalue weighted by Gasteiger charge is 2.14. The molecule has 1 aromatic carbocycles. The zero-order valence-electron chi connectivity index (χ0n) is 9.23. The molecule has 0 aromatic heterocycles. The first-order chi connectivity index (χ1) is 8.13. The van der Waals surface area contributed by atoms with Crippen molar-refractivity contribution in [3.8, 4) is 0 Å². The quantitative estimate of drug-likeness (QED) is 0.792. The van der Waals surface area contributed by atoms with E-state index in [9.17, 15) is 14.0 Å². The predicted molar refractivity (Wildman–Crippen MR) is 60.5 cm³/mol. The molecule has 0 saturated heterocycles. The molecule has 1 unspecified atom stereocenters. The first kappa shape index (κ1) is 13.2. The number of carbonyl (C=O) groups excluding carboxylic acids is 1. The molecule has 0 bridgehead atoms. The van der Waals surface area contributed by atoms with Crippen LogP contribution in [0.5, 0.6) is 0 Å². The van der Waals surface area contributed by atoms with Crippen molar-refractivity contribution in [1.29, 1.82) is 0 Å². The third-order valence-corrected chi connectivity index (χ3v) is 2.26. The summed E-state index contributed by atoms with van der Waals surface area (Å²) in [5.74, 6) is -1.39. The number of aliphatic carboxylic acids is 1. The van der Waals surface area contributed by atoms with Gasteiger partial charge < -0.3 is 10.4 Å². The van der Waals surface area contributed by atoms with Gasteiger partial charge in [0.25, 0.3) is 5.91 Å². The Hall–Kier alpha value is -1.91. The zero-order chi connectivity index (χ0) is 12.7. The van der Waals surface area contributed by atoms with Crippen LogP contribution in [-0.4, -0.2) is 29.7 Å². The molecule has 0 radical (unpaired) electrons. The number of benzene rings is 1. The van der Waals surface area contributed by atoms with E-state index in [1.54, 1.807) is 30.3 Å². The molecule has 1 amide bonds. The second kappa shape index (κ2) is 6.62. The van der Waals surface area contributed by atoms with E-state index >= 15 is 0 Å². The Morgan fingerprint density at radius 2 is 1.94 bits per heavy atom. The van der Waals surface area contributed by atoms with Crippen LogP contribution in [0.2, 0.25) is 0 Å². The summed E-state index contributed by atoms with van der Waals surface area (Å²) in [4.78, 5) is 22.0. The Bertz CT molecular complexity index is 381. The molecule has 4 nitrogen and oxygen atoms in total. The minimum Gasteiger partial charge on any atom is -0.481 e. The molecule has 0 aliphatic rings. The predicted octanol–water partition coefficient (Wildman–Crippen LogP) is 1.62. The van der Waals surface area contributed by atoms with Crippen molar-refractivity contribution in [2.24, 2.45) is 0 Å². The molecule has 0 heterocycles. The number of rotatable bonds is 6.